The summed E-state index contributed by atoms with van der Waals surface area (Å²) >= 11 is 1.46. The number of hydrogen-bond acceptors (Lipinski definition) is 3. The van der Waals surface area contributed by atoms with Gasteiger partial charge in [-0.15, -0.1) is 11.8 Å². The molecule has 178 valence electrons. The van der Waals surface area contributed by atoms with Gasteiger partial charge >= 0.3 is 0 Å². The van der Waals surface area contributed by atoms with Gasteiger partial charge in [-0.2, -0.15) is 5.10 Å². The van der Waals surface area contributed by atoms with Gasteiger partial charge in [-0.1, -0.05) is 13.0 Å². The van der Waals surface area contributed by atoms with Crippen molar-refractivity contribution in [1.29, 1.82) is 0 Å². The first-order chi connectivity index (χ1) is 15.4. The van der Waals surface area contributed by atoms with Gasteiger partial charge < -0.3 is 5.32 Å². The fraction of sp³-hybridized carbons (Fsp3) is 0.565. The lowest BCUT2D eigenvalue weighted by atomic mass is 9.41. The fourth-order valence-electron chi connectivity index (χ4n) is 5.90. The maximum atomic E-state index is 14.3. The number of carbonyl (C=O) groups excluding carboxylic acids is 1. The van der Waals surface area contributed by atoms with Crippen molar-refractivity contribution < 1.29 is 26.7 Å². The second-order valence-corrected chi connectivity index (χ2v) is 11.1. The van der Waals surface area contributed by atoms with E-state index in [1.165, 1.54) is 11.8 Å². The normalized spacial score (nSPS) is 28.6. The van der Waals surface area contributed by atoms with Gasteiger partial charge in [0.2, 0.25) is 5.92 Å². The van der Waals surface area contributed by atoms with Crippen LogP contribution in [0.5, 0.6) is 0 Å². The van der Waals surface area contributed by atoms with Gasteiger partial charge in [-0.25, -0.2) is 22.0 Å². The number of alkyl halides is 5. The molecular formula is C23H24F5N3OS. The van der Waals surface area contributed by atoms with Crippen LogP contribution >= 0.6 is 11.8 Å². The lowest BCUT2D eigenvalue weighted by Gasteiger charge is -2.65. The van der Waals surface area contributed by atoms with E-state index in [1.54, 1.807) is 25.1 Å². The summed E-state index contributed by atoms with van der Waals surface area (Å²) in [6.45, 7) is 1.54. The number of nitrogens with zero attached hydrogens (tertiary/aromatic N) is 2. The predicted octanol–water partition coefficient (Wildman–Crippen LogP) is 6.37. The number of thioether (sulfide) groups is 1. The lowest BCUT2D eigenvalue weighted by molar-refractivity contribution is -0.164. The molecule has 0 saturated heterocycles. The Morgan fingerprint density at radius 3 is 2.39 bits per heavy atom. The molecule has 1 aromatic heterocycles. The highest BCUT2D eigenvalue weighted by molar-refractivity contribution is 7.98. The largest absolute Gasteiger partial charge is 0.321 e. The van der Waals surface area contributed by atoms with Crippen LogP contribution in [-0.2, 0) is 12.0 Å². The summed E-state index contributed by atoms with van der Waals surface area (Å²) in [7, 11) is 0. The molecule has 4 fully saturated rings. The van der Waals surface area contributed by atoms with Crippen LogP contribution in [0.15, 0.2) is 29.2 Å². The van der Waals surface area contributed by atoms with Crippen LogP contribution in [-0.4, -0.2) is 33.5 Å². The first-order valence-corrected chi connectivity index (χ1v) is 12.0. The SMILES string of the molecule is CSc1cccc(NC(=O)c2c(C(F)F)c(C34CC(F)(C3)C4)nn2CC2(C)CC(F)(F)C2)c1. The van der Waals surface area contributed by atoms with Crippen molar-refractivity contribution in [2.24, 2.45) is 5.41 Å². The molecule has 2 aromatic rings. The molecule has 4 nitrogen and oxygen atoms in total. The lowest BCUT2D eigenvalue weighted by Crippen LogP contribution is -2.67. The van der Waals surface area contributed by atoms with E-state index < -0.39 is 53.2 Å². The van der Waals surface area contributed by atoms with E-state index in [1.807, 2.05) is 12.3 Å². The van der Waals surface area contributed by atoms with Gasteiger partial charge in [0.25, 0.3) is 12.3 Å². The van der Waals surface area contributed by atoms with Gasteiger partial charge in [0, 0.05) is 35.4 Å². The van der Waals surface area contributed by atoms with E-state index in [0.29, 0.717) is 5.69 Å². The topological polar surface area (TPSA) is 46.9 Å². The van der Waals surface area contributed by atoms with Crippen LogP contribution in [0.25, 0.3) is 0 Å². The second kappa shape index (κ2) is 7.20. The summed E-state index contributed by atoms with van der Waals surface area (Å²) in [6, 6.07) is 6.94. The molecule has 1 amide bonds. The number of hydrogen-bond donors (Lipinski definition) is 1. The van der Waals surface area contributed by atoms with Crippen molar-refractivity contribution in [3.05, 3.63) is 41.2 Å². The minimum Gasteiger partial charge on any atom is -0.321 e. The zero-order valence-electron chi connectivity index (χ0n) is 18.2. The Kier molecular flexibility index (Phi) is 4.95. The molecule has 1 aromatic carbocycles. The van der Waals surface area contributed by atoms with Crippen LogP contribution < -0.4 is 5.32 Å². The van der Waals surface area contributed by atoms with E-state index in [-0.39, 0.29) is 37.2 Å². The number of benzene rings is 1. The third-order valence-corrected chi connectivity index (χ3v) is 7.85. The van der Waals surface area contributed by atoms with Crippen molar-refractivity contribution >= 4 is 23.4 Å². The summed E-state index contributed by atoms with van der Waals surface area (Å²) in [5.41, 5.74) is -3.39. The highest BCUT2D eigenvalue weighted by atomic mass is 32.2. The highest BCUT2D eigenvalue weighted by Gasteiger charge is 2.71. The van der Waals surface area contributed by atoms with Gasteiger partial charge in [-0.3, -0.25) is 9.48 Å². The van der Waals surface area contributed by atoms with Gasteiger partial charge in [0.15, 0.2) is 0 Å². The third-order valence-electron chi connectivity index (χ3n) is 7.12. The molecule has 0 spiro atoms. The Balaban J connectivity index is 1.53. The Morgan fingerprint density at radius 1 is 1.18 bits per heavy atom. The summed E-state index contributed by atoms with van der Waals surface area (Å²) in [5.74, 6) is -3.59. The first-order valence-electron chi connectivity index (χ1n) is 10.8. The molecule has 2 bridgehead atoms. The minimum atomic E-state index is -3.01. The minimum absolute atomic E-state index is 0.0368. The van der Waals surface area contributed by atoms with Crippen molar-refractivity contribution in [3.63, 3.8) is 0 Å². The maximum absolute atomic E-state index is 14.3. The number of rotatable bonds is 7. The quantitative estimate of drug-likeness (QED) is 0.366. The summed E-state index contributed by atoms with van der Waals surface area (Å²) in [5, 5.41) is 7.02. The van der Waals surface area contributed by atoms with Crippen LogP contribution in [0.2, 0.25) is 0 Å². The highest BCUT2D eigenvalue weighted by Crippen LogP contribution is 2.70. The average Bonchev–Trinajstić information content (AvgIpc) is 3.02. The van der Waals surface area contributed by atoms with Gasteiger partial charge in [-0.05, 0) is 49.1 Å². The monoisotopic (exact) mass is 485 g/mol. The number of carbonyl (C=O) groups is 1. The molecule has 0 radical (unpaired) electrons. The Bertz CT molecular complexity index is 1100. The first kappa shape index (κ1) is 22.7. The summed E-state index contributed by atoms with van der Waals surface area (Å²) in [6.07, 6.45) is -1.65. The smallest absolute Gasteiger partial charge is 0.274 e. The Labute approximate surface area is 192 Å². The van der Waals surface area contributed by atoms with Crippen molar-refractivity contribution in [2.75, 3.05) is 11.6 Å². The van der Waals surface area contributed by atoms with E-state index >= 15 is 0 Å². The zero-order valence-corrected chi connectivity index (χ0v) is 19.0. The average molecular weight is 486 g/mol. The van der Waals surface area contributed by atoms with Gasteiger partial charge in [0.1, 0.15) is 11.4 Å². The zero-order chi connectivity index (χ0) is 23.8. The van der Waals surface area contributed by atoms with Crippen molar-refractivity contribution in [1.82, 2.24) is 9.78 Å². The molecule has 10 heteroatoms. The summed E-state index contributed by atoms with van der Waals surface area (Å²) < 4.78 is 71.2. The molecule has 33 heavy (non-hydrogen) atoms. The Morgan fingerprint density at radius 2 is 1.85 bits per heavy atom. The molecule has 0 atom stereocenters. The molecule has 6 rings (SSSR count). The molecule has 0 aliphatic heterocycles. The summed E-state index contributed by atoms with van der Waals surface area (Å²) in [4.78, 5) is 14.1. The molecule has 1 heterocycles. The number of nitrogens with one attached hydrogen (secondary N) is 1. The molecule has 4 saturated carbocycles. The molecular weight excluding hydrogens is 461 g/mol. The molecule has 4 aliphatic carbocycles. The Hall–Kier alpha value is -2.10. The van der Waals surface area contributed by atoms with Crippen molar-refractivity contribution in [2.45, 2.75) is 73.9 Å². The number of anilines is 1. The van der Waals surface area contributed by atoms with Gasteiger partial charge in [0.05, 0.1) is 11.3 Å². The standard InChI is InChI=1S/C23H24F5N3OS/c1-20(7-23(27,28)8-20)12-31-16(19(32)29-13-4-3-5-14(6-13)33-2)15(18(24)25)17(30-31)21-9-22(26,10-21)11-21/h3-6,18H,7-12H2,1-2H3,(H,29,32). The number of amides is 1. The van der Waals surface area contributed by atoms with Crippen LogP contribution in [0.1, 0.15) is 67.2 Å². The number of halogens is 5. The fourth-order valence-corrected chi connectivity index (χ4v) is 6.36. The van der Waals surface area contributed by atoms with E-state index in [9.17, 15) is 26.7 Å². The molecule has 4 aliphatic rings. The van der Waals surface area contributed by atoms with Crippen LogP contribution in [0, 0.1) is 5.41 Å². The molecule has 0 unspecified atom stereocenters. The molecule has 1 N–H and O–H groups in total. The maximum Gasteiger partial charge on any atom is 0.274 e. The van der Waals surface area contributed by atoms with E-state index in [0.717, 1.165) is 9.58 Å². The predicted molar refractivity (Wildman–Crippen MR) is 115 cm³/mol. The van der Waals surface area contributed by atoms with Crippen LogP contribution in [0.4, 0.5) is 27.6 Å². The van der Waals surface area contributed by atoms with Crippen molar-refractivity contribution in [3.8, 4) is 0 Å². The number of aromatic nitrogens is 2. The third kappa shape index (κ3) is 3.74. The van der Waals surface area contributed by atoms with E-state index in [4.69, 9.17) is 0 Å². The van der Waals surface area contributed by atoms with E-state index in [2.05, 4.69) is 10.4 Å². The second-order valence-electron chi connectivity index (χ2n) is 10.2. The van der Waals surface area contributed by atoms with Crippen LogP contribution in [0.3, 0.4) is 0 Å².